The third kappa shape index (κ3) is 3.23. The lowest BCUT2D eigenvalue weighted by atomic mass is 10.1. The molecule has 0 amide bonds. The normalized spacial score (nSPS) is 15.9. The van der Waals surface area contributed by atoms with Crippen molar-refractivity contribution in [2.45, 2.75) is 38.3 Å². The molecule has 0 saturated heterocycles. The van der Waals surface area contributed by atoms with Crippen molar-refractivity contribution in [3.05, 3.63) is 33.9 Å². The molecule has 0 bridgehead atoms. The number of rotatable bonds is 5. The summed E-state index contributed by atoms with van der Waals surface area (Å²) in [7, 11) is 3.85. The molecule has 1 aromatic rings. The average Bonchev–Trinajstić information content (AvgIpc) is 2.92. The number of anilines is 1. The van der Waals surface area contributed by atoms with Crippen LogP contribution in [0.3, 0.4) is 0 Å². The summed E-state index contributed by atoms with van der Waals surface area (Å²) >= 11 is 0. The van der Waals surface area contributed by atoms with E-state index in [1.165, 1.54) is 25.7 Å². The van der Waals surface area contributed by atoms with Crippen LogP contribution in [0.25, 0.3) is 0 Å². The van der Waals surface area contributed by atoms with E-state index >= 15 is 0 Å². The molecule has 5 nitrogen and oxygen atoms in total. The van der Waals surface area contributed by atoms with E-state index < -0.39 is 0 Å². The molecule has 0 spiro atoms. The highest BCUT2D eigenvalue weighted by Gasteiger charge is 2.20. The second-order valence-corrected chi connectivity index (χ2v) is 5.21. The van der Waals surface area contributed by atoms with Crippen LogP contribution in [0.5, 0.6) is 0 Å². The number of hydrogen-bond donors (Lipinski definition) is 1. The maximum atomic E-state index is 10.9. The molecule has 1 fully saturated rings. The van der Waals surface area contributed by atoms with Crippen molar-refractivity contribution in [1.29, 1.82) is 0 Å². The quantitative estimate of drug-likeness (QED) is 0.655. The molecule has 1 N–H and O–H groups in total. The highest BCUT2D eigenvalue weighted by molar-refractivity contribution is 5.62. The van der Waals surface area contributed by atoms with Gasteiger partial charge in [0, 0.05) is 25.7 Å². The number of hydrogen-bond acceptors (Lipinski definition) is 4. The molecule has 0 heterocycles. The molecule has 0 aliphatic heterocycles. The number of nitro benzene ring substituents is 1. The van der Waals surface area contributed by atoms with Crippen LogP contribution in [-0.2, 0) is 6.54 Å². The average molecular weight is 263 g/mol. The zero-order valence-electron chi connectivity index (χ0n) is 11.6. The summed E-state index contributed by atoms with van der Waals surface area (Å²) in [5.41, 5.74) is 1.83. The summed E-state index contributed by atoms with van der Waals surface area (Å²) in [5, 5.41) is 13.8. The first-order valence-electron chi connectivity index (χ1n) is 6.77. The van der Waals surface area contributed by atoms with Gasteiger partial charge in [0.1, 0.15) is 5.69 Å². The van der Waals surface area contributed by atoms with E-state index in [0.29, 0.717) is 11.7 Å². The SMILES string of the molecule is CNc1cc(CN(C)C2CCCC2)ccc1[N+](=O)[O-]. The van der Waals surface area contributed by atoms with Gasteiger partial charge >= 0.3 is 0 Å². The first kappa shape index (κ1) is 13.8. The lowest BCUT2D eigenvalue weighted by Gasteiger charge is -2.24. The standard InChI is InChI=1S/C14H21N3O2/c1-15-13-9-11(7-8-14(13)17(18)19)10-16(2)12-5-3-4-6-12/h7-9,12,15H,3-6,10H2,1-2H3. The van der Waals surface area contributed by atoms with Crippen LogP contribution in [0.15, 0.2) is 18.2 Å². The first-order valence-corrected chi connectivity index (χ1v) is 6.77. The Balaban J connectivity index is 2.10. The van der Waals surface area contributed by atoms with E-state index in [9.17, 15) is 10.1 Å². The zero-order valence-corrected chi connectivity index (χ0v) is 11.6. The minimum absolute atomic E-state index is 0.134. The minimum atomic E-state index is -0.351. The van der Waals surface area contributed by atoms with Gasteiger partial charge in [0.2, 0.25) is 0 Å². The Labute approximate surface area is 113 Å². The van der Waals surface area contributed by atoms with Crippen molar-refractivity contribution >= 4 is 11.4 Å². The smallest absolute Gasteiger partial charge is 0.292 e. The molecule has 0 unspecified atom stereocenters. The molecule has 1 saturated carbocycles. The van der Waals surface area contributed by atoms with E-state index in [-0.39, 0.29) is 10.6 Å². The Kier molecular flexibility index (Phi) is 4.37. The van der Waals surface area contributed by atoms with Crippen LogP contribution >= 0.6 is 0 Å². The van der Waals surface area contributed by atoms with Gasteiger partial charge in [-0.25, -0.2) is 0 Å². The summed E-state index contributed by atoms with van der Waals surface area (Å²) in [6.45, 7) is 0.845. The van der Waals surface area contributed by atoms with Gasteiger partial charge in [-0.15, -0.1) is 0 Å². The zero-order chi connectivity index (χ0) is 13.8. The summed E-state index contributed by atoms with van der Waals surface area (Å²) < 4.78 is 0. The van der Waals surface area contributed by atoms with E-state index in [2.05, 4.69) is 17.3 Å². The van der Waals surface area contributed by atoms with Crippen molar-refractivity contribution < 1.29 is 4.92 Å². The van der Waals surface area contributed by atoms with Crippen molar-refractivity contribution in [3.63, 3.8) is 0 Å². The van der Waals surface area contributed by atoms with Crippen molar-refractivity contribution in [2.75, 3.05) is 19.4 Å². The summed E-state index contributed by atoms with van der Waals surface area (Å²) in [6.07, 6.45) is 5.17. The molecule has 1 aliphatic carbocycles. The molecular weight excluding hydrogens is 242 g/mol. The number of nitrogens with zero attached hydrogens (tertiary/aromatic N) is 2. The van der Waals surface area contributed by atoms with Crippen LogP contribution in [-0.4, -0.2) is 30.0 Å². The predicted molar refractivity (Wildman–Crippen MR) is 76.4 cm³/mol. The Hall–Kier alpha value is -1.62. The Morgan fingerprint density at radius 2 is 2.11 bits per heavy atom. The number of benzene rings is 1. The fourth-order valence-electron chi connectivity index (χ4n) is 2.80. The third-order valence-electron chi connectivity index (χ3n) is 3.91. The monoisotopic (exact) mass is 263 g/mol. The van der Waals surface area contributed by atoms with Crippen LogP contribution in [0.2, 0.25) is 0 Å². The Morgan fingerprint density at radius 1 is 1.42 bits per heavy atom. The van der Waals surface area contributed by atoms with Gasteiger partial charge < -0.3 is 5.32 Å². The van der Waals surface area contributed by atoms with Crippen molar-refractivity contribution in [1.82, 2.24) is 4.90 Å². The third-order valence-corrected chi connectivity index (χ3v) is 3.91. The van der Waals surface area contributed by atoms with Crippen LogP contribution < -0.4 is 5.32 Å². The molecule has 0 atom stereocenters. The summed E-state index contributed by atoms with van der Waals surface area (Å²) in [4.78, 5) is 12.9. The van der Waals surface area contributed by atoms with Crippen LogP contribution in [0.4, 0.5) is 11.4 Å². The van der Waals surface area contributed by atoms with E-state index in [4.69, 9.17) is 0 Å². The highest BCUT2D eigenvalue weighted by Crippen LogP contribution is 2.27. The van der Waals surface area contributed by atoms with Gasteiger partial charge in [-0.05, 0) is 31.5 Å². The lowest BCUT2D eigenvalue weighted by molar-refractivity contribution is -0.384. The van der Waals surface area contributed by atoms with Crippen LogP contribution in [0, 0.1) is 10.1 Å². The van der Waals surface area contributed by atoms with Crippen molar-refractivity contribution in [2.24, 2.45) is 0 Å². The van der Waals surface area contributed by atoms with Gasteiger partial charge in [0.25, 0.3) is 5.69 Å². The molecule has 5 heteroatoms. The predicted octanol–water partition coefficient (Wildman–Crippen LogP) is 3.01. The van der Waals surface area contributed by atoms with Crippen LogP contribution in [0.1, 0.15) is 31.2 Å². The lowest BCUT2D eigenvalue weighted by Crippen LogP contribution is -2.28. The second kappa shape index (κ2) is 6.02. The molecule has 1 aliphatic rings. The van der Waals surface area contributed by atoms with Crippen molar-refractivity contribution in [3.8, 4) is 0 Å². The fourth-order valence-corrected chi connectivity index (χ4v) is 2.80. The molecule has 0 radical (unpaired) electrons. The summed E-state index contributed by atoms with van der Waals surface area (Å²) in [6, 6.07) is 5.98. The Bertz CT molecular complexity index is 456. The topological polar surface area (TPSA) is 58.4 Å². The van der Waals surface area contributed by atoms with Gasteiger partial charge in [-0.3, -0.25) is 15.0 Å². The van der Waals surface area contributed by atoms with Gasteiger partial charge in [0.15, 0.2) is 0 Å². The van der Waals surface area contributed by atoms with Gasteiger partial charge in [-0.1, -0.05) is 18.9 Å². The largest absolute Gasteiger partial charge is 0.383 e. The molecule has 104 valence electrons. The van der Waals surface area contributed by atoms with E-state index in [0.717, 1.165) is 12.1 Å². The Morgan fingerprint density at radius 3 is 2.68 bits per heavy atom. The van der Waals surface area contributed by atoms with Gasteiger partial charge in [0.05, 0.1) is 4.92 Å². The fraction of sp³-hybridized carbons (Fsp3) is 0.571. The maximum Gasteiger partial charge on any atom is 0.292 e. The minimum Gasteiger partial charge on any atom is -0.383 e. The number of nitro groups is 1. The molecule has 0 aromatic heterocycles. The second-order valence-electron chi connectivity index (χ2n) is 5.21. The maximum absolute atomic E-state index is 10.9. The molecular formula is C14H21N3O2. The first-order chi connectivity index (χ1) is 9.11. The van der Waals surface area contributed by atoms with Gasteiger partial charge in [-0.2, -0.15) is 0 Å². The summed E-state index contributed by atoms with van der Waals surface area (Å²) in [5.74, 6) is 0. The number of nitrogens with one attached hydrogen (secondary N) is 1. The molecule has 2 rings (SSSR count). The van der Waals surface area contributed by atoms with E-state index in [1.54, 1.807) is 13.1 Å². The van der Waals surface area contributed by atoms with E-state index in [1.807, 2.05) is 12.1 Å². The highest BCUT2D eigenvalue weighted by atomic mass is 16.6. The molecule has 1 aromatic carbocycles. The molecule has 19 heavy (non-hydrogen) atoms.